The van der Waals surface area contributed by atoms with Gasteiger partial charge in [0.05, 0.1) is 6.54 Å². The summed E-state index contributed by atoms with van der Waals surface area (Å²) >= 11 is 0.905. The zero-order chi connectivity index (χ0) is 24.7. The number of amides is 2. The van der Waals surface area contributed by atoms with Gasteiger partial charge in [-0.1, -0.05) is 19.9 Å². The topological polar surface area (TPSA) is 107 Å². The molecular formula is C22H25F2N5O3S. The molecule has 2 N–H and O–H groups in total. The van der Waals surface area contributed by atoms with Crippen molar-refractivity contribution in [1.82, 2.24) is 9.88 Å². The molecule has 0 saturated heterocycles. The Morgan fingerprint density at radius 1 is 1.33 bits per heavy atom. The van der Waals surface area contributed by atoms with E-state index in [1.807, 2.05) is 19.2 Å². The van der Waals surface area contributed by atoms with Crippen LogP contribution in [0.25, 0.3) is 11.8 Å². The molecule has 1 heterocycles. The lowest BCUT2D eigenvalue weighted by molar-refractivity contribution is -0.121. The van der Waals surface area contributed by atoms with Gasteiger partial charge >= 0.3 is 0 Å². The number of aromatic nitrogens is 1. The normalized spacial score (nSPS) is 12.5. The standard InChI is InChI=1S/C22H25F2N5O3S/c1-5-29-21(32)17(33-22(29)16(10-25)19(30)27-12-18(23)24)11-26-14-7-6-8-15(9-14)28(4)20(31)13(2)3/h6-9,11,13,18,26H,5,12H2,1-4H3,(H,27,30)/b17-11+,22-16-. The molecule has 0 aliphatic carbocycles. The molecule has 1 aromatic heterocycles. The zero-order valence-electron chi connectivity index (χ0n) is 18.7. The van der Waals surface area contributed by atoms with Crippen molar-refractivity contribution in [1.29, 1.82) is 5.26 Å². The van der Waals surface area contributed by atoms with E-state index >= 15 is 0 Å². The smallest absolute Gasteiger partial charge is 0.270 e. The van der Waals surface area contributed by atoms with Crippen LogP contribution in [0.4, 0.5) is 20.2 Å². The number of thiazole rings is 1. The third-order valence-electron chi connectivity index (χ3n) is 4.62. The molecule has 2 aromatic rings. The molecule has 0 spiro atoms. The lowest BCUT2D eigenvalue weighted by atomic mass is 10.1. The van der Waals surface area contributed by atoms with E-state index in [-0.39, 0.29) is 27.6 Å². The van der Waals surface area contributed by atoms with Gasteiger partial charge < -0.3 is 15.5 Å². The van der Waals surface area contributed by atoms with Gasteiger partial charge in [0.25, 0.3) is 17.9 Å². The third kappa shape index (κ3) is 6.26. The SMILES string of the molecule is CCn1c(=O)/c(=C\Nc2cccc(N(C)C(=O)C(C)C)c2)s/c1=C(/C#N)C(=O)NCC(F)F. The van der Waals surface area contributed by atoms with Crippen LogP contribution in [0.2, 0.25) is 0 Å². The molecule has 0 aliphatic rings. The number of hydrogen-bond acceptors (Lipinski definition) is 6. The van der Waals surface area contributed by atoms with Crippen LogP contribution in [0.5, 0.6) is 0 Å². The number of benzene rings is 1. The molecule has 0 atom stereocenters. The molecule has 0 bridgehead atoms. The Morgan fingerprint density at radius 2 is 2.03 bits per heavy atom. The molecule has 0 fully saturated rings. The number of hydrogen-bond donors (Lipinski definition) is 2. The predicted octanol–water partition coefficient (Wildman–Crippen LogP) is 1.45. The summed E-state index contributed by atoms with van der Waals surface area (Å²) < 4.78 is 26.4. The maximum atomic E-state index is 12.8. The van der Waals surface area contributed by atoms with Crippen LogP contribution in [-0.4, -0.2) is 36.4 Å². The highest BCUT2D eigenvalue weighted by Gasteiger charge is 2.17. The molecule has 8 nitrogen and oxygen atoms in total. The second-order valence-corrected chi connectivity index (χ2v) is 8.33. The highest BCUT2D eigenvalue weighted by Crippen LogP contribution is 2.20. The van der Waals surface area contributed by atoms with Crippen LogP contribution in [0.3, 0.4) is 0 Å². The molecule has 1 aromatic carbocycles. The number of anilines is 2. The number of carbonyl (C=O) groups excluding carboxylic acids is 2. The summed E-state index contributed by atoms with van der Waals surface area (Å²) in [6.07, 6.45) is -1.32. The number of rotatable bonds is 8. The van der Waals surface area contributed by atoms with Crippen molar-refractivity contribution >= 4 is 46.3 Å². The van der Waals surface area contributed by atoms with E-state index in [9.17, 15) is 28.4 Å². The van der Waals surface area contributed by atoms with Crippen LogP contribution in [-0.2, 0) is 16.1 Å². The first-order valence-corrected chi connectivity index (χ1v) is 11.0. The van der Waals surface area contributed by atoms with E-state index < -0.39 is 30.0 Å². The third-order valence-corrected chi connectivity index (χ3v) is 5.75. The monoisotopic (exact) mass is 477 g/mol. The van der Waals surface area contributed by atoms with Gasteiger partial charge in [0.15, 0.2) is 5.57 Å². The first kappa shape index (κ1) is 25.7. The Labute approximate surface area is 193 Å². The van der Waals surface area contributed by atoms with Gasteiger partial charge in [0.1, 0.15) is 15.3 Å². The summed E-state index contributed by atoms with van der Waals surface area (Å²) in [5, 5.41) is 14.4. The highest BCUT2D eigenvalue weighted by molar-refractivity contribution is 7.07. The first-order chi connectivity index (χ1) is 15.6. The van der Waals surface area contributed by atoms with Crippen LogP contribution in [0.15, 0.2) is 29.1 Å². The quantitative estimate of drug-likeness (QED) is 0.599. The highest BCUT2D eigenvalue weighted by atomic mass is 32.1. The van der Waals surface area contributed by atoms with Crippen molar-refractivity contribution < 1.29 is 18.4 Å². The lowest BCUT2D eigenvalue weighted by Crippen LogP contribution is -2.35. The number of nitriles is 1. The van der Waals surface area contributed by atoms with E-state index in [1.165, 1.54) is 15.7 Å². The first-order valence-electron chi connectivity index (χ1n) is 10.1. The number of halogens is 2. The number of nitrogens with zero attached hydrogens (tertiary/aromatic N) is 3. The van der Waals surface area contributed by atoms with E-state index in [4.69, 9.17) is 0 Å². The average Bonchev–Trinajstić information content (AvgIpc) is 3.10. The second-order valence-electron chi connectivity index (χ2n) is 7.30. The summed E-state index contributed by atoms with van der Waals surface area (Å²) in [5.41, 5.74) is 0.450. The van der Waals surface area contributed by atoms with Crippen molar-refractivity contribution in [3.05, 3.63) is 43.8 Å². The summed E-state index contributed by atoms with van der Waals surface area (Å²) in [5.74, 6) is -1.18. The molecule has 33 heavy (non-hydrogen) atoms. The molecule has 0 radical (unpaired) electrons. The van der Waals surface area contributed by atoms with Crippen molar-refractivity contribution in [3.8, 4) is 6.07 Å². The zero-order valence-corrected chi connectivity index (χ0v) is 19.5. The largest absolute Gasteiger partial charge is 0.360 e. The fourth-order valence-electron chi connectivity index (χ4n) is 2.91. The predicted molar refractivity (Wildman–Crippen MR) is 124 cm³/mol. The van der Waals surface area contributed by atoms with Crippen LogP contribution in [0.1, 0.15) is 20.8 Å². The van der Waals surface area contributed by atoms with Crippen LogP contribution < -0.4 is 30.3 Å². The molecule has 0 saturated carbocycles. The maximum Gasteiger partial charge on any atom is 0.270 e. The molecular weight excluding hydrogens is 452 g/mol. The Bertz CT molecular complexity index is 1240. The molecule has 176 valence electrons. The number of carbonyl (C=O) groups is 2. The number of nitrogens with one attached hydrogen (secondary N) is 2. The van der Waals surface area contributed by atoms with Gasteiger partial charge in [-0.25, -0.2) is 8.78 Å². The van der Waals surface area contributed by atoms with Gasteiger partial charge in [0, 0.05) is 37.1 Å². The molecule has 2 amide bonds. The fraction of sp³-hybridized carbons (Fsp3) is 0.364. The summed E-state index contributed by atoms with van der Waals surface area (Å²) in [7, 11) is 1.68. The number of alkyl halides is 2. The summed E-state index contributed by atoms with van der Waals surface area (Å²) in [6, 6.07) is 8.75. The van der Waals surface area contributed by atoms with Crippen molar-refractivity contribution in [2.45, 2.75) is 33.7 Å². The Kier molecular flexibility index (Phi) is 8.87. The fourth-order valence-corrected chi connectivity index (χ4v) is 4.00. The second kappa shape index (κ2) is 11.4. The Hall–Kier alpha value is -3.52. The molecule has 2 rings (SSSR count). The average molecular weight is 478 g/mol. The summed E-state index contributed by atoms with van der Waals surface area (Å²) in [4.78, 5) is 38.7. The van der Waals surface area contributed by atoms with Gasteiger partial charge in [-0.3, -0.25) is 19.0 Å². The van der Waals surface area contributed by atoms with Crippen molar-refractivity contribution in [3.63, 3.8) is 0 Å². The van der Waals surface area contributed by atoms with E-state index in [0.29, 0.717) is 11.4 Å². The van der Waals surface area contributed by atoms with Crippen molar-refractivity contribution in [2.24, 2.45) is 5.92 Å². The van der Waals surface area contributed by atoms with Gasteiger partial charge in [-0.2, -0.15) is 5.26 Å². The van der Waals surface area contributed by atoms with Crippen LogP contribution in [0, 0.1) is 17.2 Å². The Morgan fingerprint density at radius 3 is 2.61 bits per heavy atom. The lowest BCUT2D eigenvalue weighted by Gasteiger charge is -2.20. The maximum absolute atomic E-state index is 12.8. The molecule has 0 aliphatic heterocycles. The minimum Gasteiger partial charge on any atom is -0.360 e. The van der Waals surface area contributed by atoms with Gasteiger partial charge in [0.2, 0.25) is 5.91 Å². The van der Waals surface area contributed by atoms with Crippen molar-refractivity contribution in [2.75, 3.05) is 23.8 Å². The van der Waals surface area contributed by atoms with E-state index in [0.717, 1.165) is 11.3 Å². The van der Waals surface area contributed by atoms with Gasteiger partial charge in [-0.05, 0) is 25.1 Å². The Balaban J connectivity index is 2.45. The van der Waals surface area contributed by atoms with E-state index in [1.54, 1.807) is 44.3 Å². The van der Waals surface area contributed by atoms with E-state index in [2.05, 4.69) is 5.32 Å². The van der Waals surface area contributed by atoms with Crippen LogP contribution >= 0.6 is 11.3 Å². The minimum absolute atomic E-state index is 0.0467. The minimum atomic E-state index is -2.76. The molecule has 0 unspecified atom stereocenters. The van der Waals surface area contributed by atoms with Gasteiger partial charge in [-0.15, -0.1) is 11.3 Å². The summed E-state index contributed by atoms with van der Waals surface area (Å²) in [6.45, 7) is 4.58. The molecule has 11 heteroatoms.